The van der Waals surface area contributed by atoms with Crippen LogP contribution in [-0.2, 0) is 6.54 Å². The van der Waals surface area contributed by atoms with Crippen molar-refractivity contribution in [3.05, 3.63) is 52.3 Å². The van der Waals surface area contributed by atoms with Gasteiger partial charge in [0.15, 0.2) is 5.96 Å². The molecule has 10 nitrogen and oxygen atoms in total. The predicted molar refractivity (Wildman–Crippen MR) is 110 cm³/mol. The van der Waals surface area contributed by atoms with Crippen molar-refractivity contribution in [2.45, 2.75) is 39.5 Å². The zero-order chi connectivity index (χ0) is 21.2. The molecule has 2 rings (SSSR count). The summed E-state index contributed by atoms with van der Waals surface area (Å²) in [4.78, 5) is 14.6. The summed E-state index contributed by atoms with van der Waals surface area (Å²) in [5.41, 5.74) is 0.711. The fraction of sp³-hybridized carbons (Fsp3) is 0.474. The lowest BCUT2D eigenvalue weighted by Gasteiger charge is -2.14. The van der Waals surface area contributed by atoms with Gasteiger partial charge in [-0.3, -0.25) is 19.8 Å². The molecular formula is C19H28N6O4. The number of nitrogens with one attached hydrogen (secondary N) is 2. The van der Waals surface area contributed by atoms with E-state index in [9.17, 15) is 15.2 Å². The molecule has 1 aromatic heterocycles. The van der Waals surface area contributed by atoms with Crippen molar-refractivity contribution in [1.29, 1.82) is 0 Å². The van der Waals surface area contributed by atoms with Crippen molar-refractivity contribution in [3.8, 4) is 5.75 Å². The average molecular weight is 404 g/mol. The molecule has 0 aliphatic heterocycles. The number of aliphatic imine (C=N–C) groups is 1. The quantitative estimate of drug-likeness (QED) is 0.239. The lowest BCUT2D eigenvalue weighted by molar-refractivity contribution is -0.385. The normalized spacial score (nSPS) is 12.7. The number of aliphatic hydroxyl groups is 1. The number of nitro groups is 1. The van der Waals surface area contributed by atoms with Crippen LogP contribution in [0.2, 0.25) is 0 Å². The summed E-state index contributed by atoms with van der Waals surface area (Å²) in [5.74, 6) is 1.31. The molecule has 0 aliphatic carbocycles. The highest BCUT2D eigenvalue weighted by Gasteiger charge is 2.10. The van der Waals surface area contributed by atoms with Crippen molar-refractivity contribution in [3.63, 3.8) is 0 Å². The third kappa shape index (κ3) is 7.41. The smallest absolute Gasteiger partial charge is 0.306 e. The van der Waals surface area contributed by atoms with E-state index >= 15 is 0 Å². The molecule has 158 valence electrons. The van der Waals surface area contributed by atoms with Crippen molar-refractivity contribution in [1.82, 2.24) is 20.4 Å². The molecule has 1 heterocycles. The van der Waals surface area contributed by atoms with Crippen molar-refractivity contribution in [2.24, 2.45) is 4.99 Å². The number of benzene rings is 1. The third-order valence-electron chi connectivity index (χ3n) is 3.87. The topological polar surface area (TPSA) is 127 Å². The molecule has 29 heavy (non-hydrogen) atoms. The largest absolute Gasteiger partial charge is 0.491 e. The first kappa shape index (κ1) is 22.2. The average Bonchev–Trinajstić information content (AvgIpc) is 3.15. The van der Waals surface area contributed by atoms with E-state index in [1.807, 2.05) is 45.0 Å². The monoisotopic (exact) mass is 404 g/mol. The maximum absolute atomic E-state index is 10.7. The molecule has 1 atom stereocenters. The Labute approximate surface area is 169 Å². The molecule has 0 saturated heterocycles. The van der Waals surface area contributed by atoms with Gasteiger partial charge in [0.05, 0.1) is 30.2 Å². The molecule has 0 saturated carbocycles. The standard InChI is InChI=1S/C19H28N6O4/c1-4-20-19(21-9-10-24-13-16(11-23-24)25(27)28)22-12-18(26)15-5-7-17(8-6-15)29-14(2)3/h5-8,11,13-14,18,26H,4,9-10,12H2,1-3H3,(H2,20,21,22). The van der Waals surface area contributed by atoms with E-state index < -0.39 is 11.0 Å². The van der Waals surface area contributed by atoms with Gasteiger partial charge in [-0.25, -0.2) is 0 Å². The van der Waals surface area contributed by atoms with E-state index in [-0.39, 0.29) is 18.3 Å². The Balaban J connectivity index is 1.87. The molecule has 2 aromatic rings. The highest BCUT2D eigenvalue weighted by atomic mass is 16.6. The Morgan fingerprint density at radius 3 is 2.66 bits per heavy atom. The van der Waals surface area contributed by atoms with Crippen LogP contribution in [-0.4, -0.2) is 51.5 Å². The SMILES string of the molecule is CCNC(=NCC(O)c1ccc(OC(C)C)cc1)NCCn1cc([N+](=O)[O-])cn1. The van der Waals surface area contributed by atoms with Crippen LogP contribution < -0.4 is 15.4 Å². The molecule has 3 N–H and O–H groups in total. The van der Waals surface area contributed by atoms with E-state index in [1.54, 1.807) is 0 Å². The Hall–Kier alpha value is -3.14. The predicted octanol–water partition coefficient (Wildman–Crippen LogP) is 1.87. The van der Waals surface area contributed by atoms with Gasteiger partial charge in [0.1, 0.15) is 18.1 Å². The molecule has 0 fully saturated rings. The summed E-state index contributed by atoms with van der Waals surface area (Å²) in [6.07, 6.45) is 1.94. The first-order valence-electron chi connectivity index (χ1n) is 9.52. The van der Waals surface area contributed by atoms with Crippen LogP contribution in [0, 0.1) is 10.1 Å². The zero-order valence-corrected chi connectivity index (χ0v) is 16.9. The van der Waals surface area contributed by atoms with Gasteiger partial charge in [-0.15, -0.1) is 0 Å². The Kier molecular flexibility index (Phi) is 8.41. The van der Waals surface area contributed by atoms with Gasteiger partial charge in [-0.05, 0) is 38.5 Å². The number of nitrogens with zero attached hydrogens (tertiary/aromatic N) is 4. The fourth-order valence-electron chi connectivity index (χ4n) is 2.52. The molecule has 1 unspecified atom stereocenters. The Morgan fingerprint density at radius 1 is 1.34 bits per heavy atom. The van der Waals surface area contributed by atoms with Gasteiger partial charge in [0.2, 0.25) is 0 Å². The Bertz CT molecular complexity index is 803. The van der Waals surface area contributed by atoms with Gasteiger partial charge >= 0.3 is 5.69 Å². The molecule has 0 spiro atoms. The van der Waals surface area contributed by atoms with E-state index in [1.165, 1.54) is 17.1 Å². The summed E-state index contributed by atoms with van der Waals surface area (Å²) < 4.78 is 7.09. The first-order valence-corrected chi connectivity index (χ1v) is 9.52. The number of hydrogen-bond donors (Lipinski definition) is 3. The van der Waals surface area contributed by atoms with Crippen LogP contribution in [0.5, 0.6) is 5.75 Å². The van der Waals surface area contributed by atoms with Crippen molar-refractivity contribution in [2.75, 3.05) is 19.6 Å². The van der Waals surface area contributed by atoms with Crippen LogP contribution in [0.25, 0.3) is 0 Å². The van der Waals surface area contributed by atoms with Gasteiger partial charge in [-0.1, -0.05) is 12.1 Å². The van der Waals surface area contributed by atoms with Gasteiger partial charge in [-0.2, -0.15) is 5.10 Å². The van der Waals surface area contributed by atoms with Gasteiger partial charge < -0.3 is 20.5 Å². The number of guanidine groups is 1. The van der Waals surface area contributed by atoms with E-state index in [2.05, 4.69) is 20.7 Å². The van der Waals surface area contributed by atoms with Crippen LogP contribution in [0.4, 0.5) is 5.69 Å². The highest BCUT2D eigenvalue weighted by molar-refractivity contribution is 5.79. The van der Waals surface area contributed by atoms with E-state index in [0.29, 0.717) is 25.6 Å². The lowest BCUT2D eigenvalue weighted by atomic mass is 10.1. The minimum atomic E-state index is -0.743. The summed E-state index contributed by atoms with van der Waals surface area (Å²) in [5, 5.41) is 31.2. The summed E-state index contributed by atoms with van der Waals surface area (Å²) in [6, 6.07) is 7.30. The van der Waals surface area contributed by atoms with Crippen molar-refractivity contribution >= 4 is 11.6 Å². The van der Waals surface area contributed by atoms with Crippen molar-refractivity contribution < 1.29 is 14.8 Å². The molecule has 0 radical (unpaired) electrons. The molecule has 0 aliphatic rings. The van der Waals surface area contributed by atoms with Gasteiger partial charge in [0.25, 0.3) is 0 Å². The minimum Gasteiger partial charge on any atom is -0.491 e. The third-order valence-corrected chi connectivity index (χ3v) is 3.87. The minimum absolute atomic E-state index is 0.0430. The molecule has 1 aromatic carbocycles. The maximum Gasteiger partial charge on any atom is 0.306 e. The molecule has 0 bridgehead atoms. The second-order valence-corrected chi connectivity index (χ2v) is 6.62. The molecule has 0 amide bonds. The maximum atomic E-state index is 10.7. The Morgan fingerprint density at radius 2 is 2.07 bits per heavy atom. The highest BCUT2D eigenvalue weighted by Crippen LogP contribution is 2.19. The van der Waals surface area contributed by atoms with Crippen LogP contribution >= 0.6 is 0 Å². The second-order valence-electron chi connectivity index (χ2n) is 6.62. The summed E-state index contributed by atoms with van der Waals surface area (Å²) in [6.45, 7) is 7.63. The molecule has 10 heteroatoms. The summed E-state index contributed by atoms with van der Waals surface area (Å²) in [7, 11) is 0. The molecular weight excluding hydrogens is 376 g/mol. The number of aromatic nitrogens is 2. The fourth-order valence-corrected chi connectivity index (χ4v) is 2.52. The van der Waals surface area contributed by atoms with E-state index in [4.69, 9.17) is 4.74 Å². The van der Waals surface area contributed by atoms with Crippen LogP contribution in [0.1, 0.15) is 32.4 Å². The number of ether oxygens (including phenoxy) is 1. The zero-order valence-electron chi connectivity index (χ0n) is 16.9. The second kappa shape index (κ2) is 11.0. The summed E-state index contributed by atoms with van der Waals surface area (Å²) >= 11 is 0. The number of rotatable bonds is 10. The van der Waals surface area contributed by atoms with Crippen LogP contribution in [0.3, 0.4) is 0 Å². The first-order chi connectivity index (χ1) is 13.9. The van der Waals surface area contributed by atoms with Crippen LogP contribution in [0.15, 0.2) is 41.7 Å². The lowest BCUT2D eigenvalue weighted by Crippen LogP contribution is -2.39. The number of aliphatic hydroxyl groups excluding tert-OH is 1. The van der Waals surface area contributed by atoms with E-state index in [0.717, 1.165) is 11.3 Å². The van der Waals surface area contributed by atoms with Gasteiger partial charge in [0, 0.05) is 13.1 Å². The number of hydrogen-bond acceptors (Lipinski definition) is 6.